The van der Waals surface area contributed by atoms with Gasteiger partial charge >= 0.3 is 5.97 Å². The van der Waals surface area contributed by atoms with Crippen molar-refractivity contribution in [3.05, 3.63) is 70.7 Å². The van der Waals surface area contributed by atoms with Gasteiger partial charge in [0, 0.05) is 16.3 Å². The Morgan fingerprint density at radius 1 is 1.19 bits per heavy atom. The fraction of sp³-hybridized carbons (Fsp3) is 0.333. The Morgan fingerprint density at radius 3 is 2.59 bits per heavy atom. The minimum atomic E-state index is -0.620. The van der Waals surface area contributed by atoms with Gasteiger partial charge < -0.3 is 9.64 Å². The molecule has 27 heavy (non-hydrogen) atoms. The van der Waals surface area contributed by atoms with E-state index < -0.39 is 6.04 Å². The molecule has 0 N–H and O–H groups in total. The van der Waals surface area contributed by atoms with E-state index in [0.717, 1.165) is 5.56 Å². The summed E-state index contributed by atoms with van der Waals surface area (Å²) in [7, 11) is 0. The van der Waals surface area contributed by atoms with Gasteiger partial charge in [-0.15, -0.1) is 11.8 Å². The quantitative estimate of drug-likeness (QED) is 0.673. The molecule has 2 unspecified atom stereocenters. The SMILES string of the molecule is CC(C)COC(=O)C1CSC(c2ccccc2)N1C(=O)c1cccc(Cl)c1. The molecule has 1 saturated heterocycles. The molecule has 0 radical (unpaired) electrons. The fourth-order valence-corrected chi connectivity index (χ4v) is 4.53. The summed E-state index contributed by atoms with van der Waals surface area (Å²) in [6.07, 6.45) is 0. The van der Waals surface area contributed by atoms with Gasteiger partial charge in [-0.1, -0.05) is 61.8 Å². The largest absolute Gasteiger partial charge is 0.464 e. The molecule has 0 saturated carbocycles. The van der Waals surface area contributed by atoms with Crippen molar-refractivity contribution < 1.29 is 14.3 Å². The van der Waals surface area contributed by atoms with Gasteiger partial charge in [0.15, 0.2) is 0 Å². The molecule has 1 aliphatic heterocycles. The van der Waals surface area contributed by atoms with Crippen LogP contribution in [0.15, 0.2) is 54.6 Å². The molecule has 0 bridgehead atoms. The minimum absolute atomic E-state index is 0.220. The summed E-state index contributed by atoms with van der Waals surface area (Å²) >= 11 is 7.64. The van der Waals surface area contributed by atoms with Crippen LogP contribution in [0.5, 0.6) is 0 Å². The van der Waals surface area contributed by atoms with Gasteiger partial charge in [0.1, 0.15) is 11.4 Å². The first-order chi connectivity index (χ1) is 13.0. The summed E-state index contributed by atoms with van der Waals surface area (Å²) in [4.78, 5) is 27.6. The second kappa shape index (κ2) is 8.81. The highest BCUT2D eigenvalue weighted by molar-refractivity contribution is 7.99. The van der Waals surface area contributed by atoms with E-state index in [9.17, 15) is 9.59 Å². The first kappa shape index (κ1) is 19.8. The van der Waals surface area contributed by atoms with E-state index in [1.54, 1.807) is 40.9 Å². The molecule has 142 valence electrons. The lowest BCUT2D eigenvalue weighted by Crippen LogP contribution is -2.44. The van der Waals surface area contributed by atoms with Gasteiger partial charge in [-0.05, 0) is 29.7 Å². The molecule has 6 heteroatoms. The summed E-state index contributed by atoms with van der Waals surface area (Å²) in [5.74, 6) is 0.167. The lowest BCUT2D eigenvalue weighted by atomic mass is 10.1. The number of hydrogen-bond donors (Lipinski definition) is 0. The number of rotatable bonds is 5. The lowest BCUT2D eigenvalue weighted by molar-refractivity contribution is -0.149. The van der Waals surface area contributed by atoms with Crippen LogP contribution < -0.4 is 0 Å². The highest BCUT2D eigenvalue weighted by atomic mass is 35.5. The normalized spacial score (nSPS) is 19.3. The summed E-state index contributed by atoms with van der Waals surface area (Å²) in [5, 5.41) is 0.247. The molecule has 3 rings (SSSR count). The molecule has 0 aliphatic carbocycles. The van der Waals surface area contributed by atoms with E-state index >= 15 is 0 Å². The Labute approximate surface area is 168 Å². The van der Waals surface area contributed by atoms with Crippen LogP contribution in [0.25, 0.3) is 0 Å². The van der Waals surface area contributed by atoms with Crippen LogP contribution in [0.4, 0.5) is 0 Å². The van der Waals surface area contributed by atoms with Crippen LogP contribution in [0, 0.1) is 5.92 Å². The number of carbonyl (C=O) groups excluding carboxylic acids is 2. The van der Waals surface area contributed by atoms with Crippen molar-refractivity contribution in [3.8, 4) is 0 Å². The highest BCUT2D eigenvalue weighted by Gasteiger charge is 2.43. The maximum absolute atomic E-state index is 13.3. The number of halogens is 1. The number of nitrogens with zero attached hydrogens (tertiary/aromatic N) is 1. The molecule has 2 aromatic rings. The number of ether oxygens (including phenoxy) is 1. The van der Waals surface area contributed by atoms with Crippen LogP contribution in [0.1, 0.15) is 35.1 Å². The van der Waals surface area contributed by atoms with E-state index in [2.05, 4.69) is 0 Å². The van der Waals surface area contributed by atoms with Gasteiger partial charge in [-0.3, -0.25) is 4.79 Å². The maximum atomic E-state index is 13.3. The number of esters is 1. The summed E-state index contributed by atoms with van der Waals surface area (Å²) in [5.41, 5.74) is 1.45. The molecule has 1 amide bonds. The van der Waals surface area contributed by atoms with Crippen molar-refractivity contribution in [1.29, 1.82) is 0 Å². The smallest absolute Gasteiger partial charge is 0.329 e. The highest BCUT2D eigenvalue weighted by Crippen LogP contribution is 2.42. The maximum Gasteiger partial charge on any atom is 0.329 e. The van der Waals surface area contributed by atoms with Crippen molar-refractivity contribution in [2.75, 3.05) is 12.4 Å². The predicted octanol–water partition coefficient (Wildman–Crippen LogP) is 4.80. The van der Waals surface area contributed by atoms with Crippen LogP contribution in [0.2, 0.25) is 5.02 Å². The fourth-order valence-electron chi connectivity index (χ4n) is 2.93. The lowest BCUT2D eigenvalue weighted by Gasteiger charge is -2.29. The van der Waals surface area contributed by atoms with Crippen LogP contribution in [-0.2, 0) is 9.53 Å². The minimum Gasteiger partial charge on any atom is -0.464 e. The summed E-state index contributed by atoms with van der Waals surface area (Å²) in [6, 6.07) is 15.9. The molecule has 0 aromatic heterocycles. The second-order valence-corrected chi connectivity index (χ2v) is 8.41. The zero-order chi connectivity index (χ0) is 19.4. The van der Waals surface area contributed by atoms with Crippen molar-refractivity contribution >= 4 is 35.2 Å². The standard InChI is InChI=1S/C21H22ClNO3S/c1-14(2)12-26-21(25)18-13-27-20(15-7-4-3-5-8-15)23(18)19(24)16-9-6-10-17(22)11-16/h3-11,14,18,20H,12-13H2,1-2H3. The number of thioether (sulfide) groups is 1. The molecular formula is C21H22ClNO3S. The molecule has 2 atom stereocenters. The molecule has 2 aromatic carbocycles. The Morgan fingerprint density at radius 2 is 1.93 bits per heavy atom. The van der Waals surface area contributed by atoms with E-state index in [0.29, 0.717) is 22.9 Å². The van der Waals surface area contributed by atoms with Gasteiger partial charge in [-0.2, -0.15) is 0 Å². The summed E-state index contributed by atoms with van der Waals surface area (Å²) < 4.78 is 5.44. The Balaban J connectivity index is 1.92. The average molecular weight is 404 g/mol. The van der Waals surface area contributed by atoms with Crippen LogP contribution in [0.3, 0.4) is 0 Å². The molecular weight excluding hydrogens is 382 g/mol. The number of hydrogen-bond acceptors (Lipinski definition) is 4. The molecule has 1 aliphatic rings. The Kier molecular flexibility index (Phi) is 6.45. The molecule has 1 heterocycles. The van der Waals surface area contributed by atoms with Crippen molar-refractivity contribution in [2.24, 2.45) is 5.92 Å². The van der Waals surface area contributed by atoms with Gasteiger partial charge in [0.2, 0.25) is 0 Å². The zero-order valence-electron chi connectivity index (χ0n) is 15.3. The number of benzene rings is 2. The van der Waals surface area contributed by atoms with E-state index in [4.69, 9.17) is 16.3 Å². The molecule has 4 nitrogen and oxygen atoms in total. The predicted molar refractivity (Wildman–Crippen MR) is 109 cm³/mol. The third-order valence-electron chi connectivity index (χ3n) is 4.22. The third kappa shape index (κ3) is 4.66. The zero-order valence-corrected chi connectivity index (χ0v) is 16.9. The van der Waals surface area contributed by atoms with Crippen molar-refractivity contribution in [2.45, 2.75) is 25.3 Å². The average Bonchev–Trinajstić information content (AvgIpc) is 3.11. The van der Waals surface area contributed by atoms with E-state index in [-0.39, 0.29) is 23.2 Å². The van der Waals surface area contributed by atoms with E-state index in [1.807, 2.05) is 44.2 Å². The molecule has 1 fully saturated rings. The number of carbonyl (C=O) groups is 2. The number of amides is 1. The first-order valence-electron chi connectivity index (χ1n) is 8.89. The Bertz CT molecular complexity index is 812. The topological polar surface area (TPSA) is 46.6 Å². The first-order valence-corrected chi connectivity index (χ1v) is 10.3. The van der Waals surface area contributed by atoms with Gasteiger partial charge in [-0.25, -0.2) is 4.79 Å². The van der Waals surface area contributed by atoms with Crippen molar-refractivity contribution in [3.63, 3.8) is 0 Å². The third-order valence-corrected chi connectivity index (χ3v) is 5.78. The van der Waals surface area contributed by atoms with Crippen LogP contribution >= 0.6 is 23.4 Å². The van der Waals surface area contributed by atoms with E-state index in [1.165, 1.54) is 0 Å². The van der Waals surface area contributed by atoms with Crippen LogP contribution in [-0.4, -0.2) is 35.2 Å². The van der Waals surface area contributed by atoms with Crippen molar-refractivity contribution in [1.82, 2.24) is 4.90 Å². The monoisotopic (exact) mass is 403 g/mol. The Hall–Kier alpha value is -1.98. The summed E-state index contributed by atoms with van der Waals surface area (Å²) in [6.45, 7) is 4.31. The van der Waals surface area contributed by atoms with Gasteiger partial charge in [0.25, 0.3) is 5.91 Å². The molecule has 0 spiro atoms. The second-order valence-electron chi connectivity index (χ2n) is 6.86. The van der Waals surface area contributed by atoms with Gasteiger partial charge in [0.05, 0.1) is 6.61 Å².